The van der Waals surface area contributed by atoms with Crippen molar-refractivity contribution in [2.24, 2.45) is 0 Å². The Kier molecular flexibility index (Phi) is 5.17. The summed E-state index contributed by atoms with van der Waals surface area (Å²) in [5.74, 6) is -0.0388. The number of ether oxygens (including phenoxy) is 1. The van der Waals surface area contributed by atoms with E-state index in [1.807, 2.05) is 0 Å². The molecule has 0 saturated carbocycles. The highest BCUT2D eigenvalue weighted by molar-refractivity contribution is 8.00. The van der Waals surface area contributed by atoms with Crippen molar-refractivity contribution < 1.29 is 18.7 Å². The number of carbonyl (C=O) groups excluding carboxylic acids is 2. The lowest BCUT2D eigenvalue weighted by molar-refractivity contribution is -0.139. The van der Waals surface area contributed by atoms with E-state index in [1.165, 1.54) is 17.8 Å². The predicted octanol–water partition coefficient (Wildman–Crippen LogP) is 0.827. The van der Waals surface area contributed by atoms with Crippen LogP contribution in [0.3, 0.4) is 0 Å². The van der Waals surface area contributed by atoms with Gasteiger partial charge >= 0.3 is 0 Å². The van der Waals surface area contributed by atoms with Gasteiger partial charge in [0.15, 0.2) is 0 Å². The van der Waals surface area contributed by atoms with E-state index in [-0.39, 0.29) is 22.9 Å². The Labute approximate surface area is 138 Å². The average molecular weight is 338 g/mol. The van der Waals surface area contributed by atoms with Crippen LogP contribution in [-0.4, -0.2) is 60.1 Å². The maximum atomic E-state index is 13.7. The molecule has 7 heteroatoms. The minimum Gasteiger partial charge on any atom is -0.378 e. The second kappa shape index (κ2) is 7.31. The third kappa shape index (κ3) is 3.84. The normalized spacial score (nSPS) is 25.1. The summed E-state index contributed by atoms with van der Waals surface area (Å²) in [5.41, 5.74) is 0.526. The van der Waals surface area contributed by atoms with Crippen LogP contribution >= 0.6 is 11.8 Å². The first-order chi connectivity index (χ1) is 11.1. The highest BCUT2D eigenvalue weighted by Crippen LogP contribution is 2.24. The Hall–Kier alpha value is -1.60. The van der Waals surface area contributed by atoms with Gasteiger partial charge in [0.2, 0.25) is 11.8 Å². The van der Waals surface area contributed by atoms with E-state index in [1.54, 1.807) is 23.1 Å². The fourth-order valence-electron chi connectivity index (χ4n) is 2.75. The molecule has 0 spiro atoms. The number of benzene rings is 1. The molecule has 1 N–H and O–H groups in total. The number of halogens is 1. The van der Waals surface area contributed by atoms with Gasteiger partial charge in [-0.3, -0.25) is 9.59 Å². The van der Waals surface area contributed by atoms with Gasteiger partial charge in [0, 0.05) is 18.8 Å². The van der Waals surface area contributed by atoms with E-state index in [4.69, 9.17) is 4.74 Å². The van der Waals surface area contributed by atoms with Crippen molar-refractivity contribution in [3.05, 3.63) is 35.6 Å². The topological polar surface area (TPSA) is 58.6 Å². The fourth-order valence-corrected chi connectivity index (χ4v) is 3.91. The number of nitrogens with one attached hydrogen (secondary N) is 1. The van der Waals surface area contributed by atoms with Gasteiger partial charge in [-0.05, 0) is 18.1 Å². The van der Waals surface area contributed by atoms with E-state index in [0.717, 1.165) is 0 Å². The Morgan fingerprint density at radius 1 is 1.35 bits per heavy atom. The summed E-state index contributed by atoms with van der Waals surface area (Å²) in [6, 6.07) is 5.97. The molecule has 0 aromatic heterocycles. The highest BCUT2D eigenvalue weighted by Gasteiger charge is 2.35. The Morgan fingerprint density at radius 3 is 2.78 bits per heavy atom. The van der Waals surface area contributed by atoms with E-state index in [0.29, 0.717) is 44.0 Å². The van der Waals surface area contributed by atoms with Crippen molar-refractivity contribution in [1.82, 2.24) is 10.2 Å². The van der Waals surface area contributed by atoms with Crippen molar-refractivity contribution in [3.8, 4) is 0 Å². The van der Waals surface area contributed by atoms with Crippen molar-refractivity contribution in [3.63, 3.8) is 0 Å². The van der Waals surface area contributed by atoms with Crippen LogP contribution in [0.15, 0.2) is 24.3 Å². The number of hydrogen-bond acceptors (Lipinski definition) is 4. The van der Waals surface area contributed by atoms with Crippen LogP contribution in [0.4, 0.5) is 4.39 Å². The summed E-state index contributed by atoms with van der Waals surface area (Å²) in [6.07, 6.45) is 0.335. The minimum absolute atomic E-state index is 0.0570. The van der Waals surface area contributed by atoms with E-state index in [2.05, 4.69) is 5.32 Å². The van der Waals surface area contributed by atoms with E-state index < -0.39 is 6.04 Å². The largest absolute Gasteiger partial charge is 0.378 e. The molecule has 1 aromatic carbocycles. The summed E-state index contributed by atoms with van der Waals surface area (Å²) >= 11 is 1.42. The molecule has 0 bridgehead atoms. The second-order valence-corrected chi connectivity index (χ2v) is 6.85. The SMILES string of the molecule is O=C1NC(C(=O)N2CCOCC2)CSC1Cc1ccccc1F. The molecular formula is C16H19FN2O3S. The van der Waals surface area contributed by atoms with Crippen LogP contribution in [0.25, 0.3) is 0 Å². The zero-order valence-electron chi connectivity index (χ0n) is 12.7. The molecule has 2 fully saturated rings. The van der Waals surface area contributed by atoms with E-state index in [9.17, 15) is 14.0 Å². The van der Waals surface area contributed by atoms with Gasteiger partial charge in [-0.1, -0.05) is 18.2 Å². The molecule has 23 heavy (non-hydrogen) atoms. The molecule has 2 atom stereocenters. The molecule has 3 rings (SSSR count). The first-order valence-corrected chi connectivity index (χ1v) is 8.72. The van der Waals surface area contributed by atoms with Crippen molar-refractivity contribution >= 4 is 23.6 Å². The van der Waals surface area contributed by atoms with Crippen LogP contribution in [0.5, 0.6) is 0 Å². The van der Waals surface area contributed by atoms with Gasteiger partial charge in [0.25, 0.3) is 0 Å². The van der Waals surface area contributed by atoms with Gasteiger partial charge in [-0.25, -0.2) is 4.39 Å². The Bertz CT molecular complexity index is 592. The lowest BCUT2D eigenvalue weighted by Gasteiger charge is -2.34. The van der Waals surface area contributed by atoms with Crippen LogP contribution < -0.4 is 5.32 Å². The molecule has 0 radical (unpaired) electrons. The number of thioether (sulfide) groups is 1. The van der Waals surface area contributed by atoms with Crippen molar-refractivity contribution in [2.75, 3.05) is 32.1 Å². The van der Waals surface area contributed by atoms with Crippen LogP contribution in [0.2, 0.25) is 0 Å². The second-order valence-electron chi connectivity index (χ2n) is 5.62. The standard InChI is InChI=1S/C16H19FN2O3S/c17-12-4-2-1-3-11(12)9-14-15(20)18-13(10-23-14)16(21)19-5-7-22-8-6-19/h1-4,13-14H,5-10H2,(H,18,20). The molecule has 2 aliphatic heterocycles. The lowest BCUT2D eigenvalue weighted by Crippen LogP contribution is -2.57. The number of amides is 2. The fraction of sp³-hybridized carbons (Fsp3) is 0.500. The molecule has 2 amide bonds. The van der Waals surface area contributed by atoms with Gasteiger partial charge < -0.3 is 15.0 Å². The Balaban J connectivity index is 1.58. The molecule has 2 saturated heterocycles. The van der Waals surface area contributed by atoms with Gasteiger partial charge in [0.05, 0.1) is 18.5 Å². The predicted molar refractivity (Wildman–Crippen MR) is 85.7 cm³/mol. The van der Waals surface area contributed by atoms with Crippen molar-refractivity contribution in [2.45, 2.75) is 17.7 Å². The third-order valence-electron chi connectivity index (χ3n) is 4.06. The zero-order chi connectivity index (χ0) is 16.2. The smallest absolute Gasteiger partial charge is 0.246 e. The maximum absolute atomic E-state index is 13.7. The van der Waals surface area contributed by atoms with Crippen LogP contribution in [-0.2, 0) is 20.7 Å². The molecular weight excluding hydrogens is 319 g/mol. The molecule has 1 aromatic rings. The molecule has 0 aliphatic carbocycles. The summed E-state index contributed by atoms with van der Waals surface area (Å²) < 4.78 is 18.9. The molecule has 124 valence electrons. The summed E-state index contributed by atoms with van der Waals surface area (Å²) in [6.45, 7) is 2.20. The minimum atomic E-state index is -0.498. The first-order valence-electron chi connectivity index (χ1n) is 7.67. The monoisotopic (exact) mass is 338 g/mol. The van der Waals surface area contributed by atoms with Gasteiger partial charge in [-0.2, -0.15) is 0 Å². The maximum Gasteiger partial charge on any atom is 0.246 e. The van der Waals surface area contributed by atoms with E-state index >= 15 is 0 Å². The number of nitrogens with zero attached hydrogens (tertiary/aromatic N) is 1. The molecule has 2 unspecified atom stereocenters. The number of morpholine rings is 1. The van der Waals surface area contributed by atoms with Gasteiger partial charge in [-0.15, -0.1) is 11.8 Å². The lowest BCUT2D eigenvalue weighted by atomic mass is 10.1. The number of rotatable bonds is 3. The van der Waals surface area contributed by atoms with Crippen molar-refractivity contribution in [1.29, 1.82) is 0 Å². The third-order valence-corrected chi connectivity index (χ3v) is 5.37. The zero-order valence-corrected chi connectivity index (χ0v) is 13.5. The molecule has 5 nitrogen and oxygen atoms in total. The van der Waals surface area contributed by atoms with Crippen LogP contribution in [0.1, 0.15) is 5.56 Å². The number of carbonyl (C=O) groups is 2. The van der Waals surface area contributed by atoms with Crippen LogP contribution in [0, 0.1) is 5.82 Å². The Morgan fingerprint density at radius 2 is 2.09 bits per heavy atom. The summed E-state index contributed by atoms with van der Waals surface area (Å²) in [7, 11) is 0. The average Bonchev–Trinajstić information content (AvgIpc) is 2.58. The first kappa shape index (κ1) is 16.3. The summed E-state index contributed by atoms with van der Waals surface area (Å²) in [5, 5.41) is 2.43. The van der Waals surface area contributed by atoms with Gasteiger partial charge in [0.1, 0.15) is 11.9 Å². The molecule has 2 heterocycles. The molecule has 2 aliphatic rings. The quantitative estimate of drug-likeness (QED) is 0.887. The number of hydrogen-bond donors (Lipinski definition) is 1. The highest BCUT2D eigenvalue weighted by atomic mass is 32.2. The summed E-state index contributed by atoms with van der Waals surface area (Å²) in [4.78, 5) is 26.4.